The Bertz CT molecular complexity index is 734. The molecule has 0 radical (unpaired) electrons. The topological polar surface area (TPSA) is 66.0 Å². The number of carboxylic acids is 1. The van der Waals surface area contributed by atoms with Gasteiger partial charge >= 0.3 is 5.97 Å². The monoisotopic (exact) mass is 316 g/mol. The third-order valence-corrected chi connectivity index (χ3v) is 4.18. The van der Waals surface area contributed by atoms with Crippen molar-refractivity contribution < 1.29 is 9.90 Å². The SMILES string of the molecule is O=C(O)c1[nH]nc2c1CCCCCC2=Cc1cccc(Cl)c1. The number of rotatable bonds is 2. The second kappa shape index (κ2) is 6.36. The summed E-state index contributed by atoms with van der Waals surface area (Å²) in [7, 11) is 0. The smallest absolute Gasteiger partial charge is 0.354 e. The predicted octanol–water partition coefficient (Wildman–Crippen LogP) is 4.42. The van der Waals surface area contributed by atoms with Crippen molar-refractivity contribution in [3.05, 3.63) is 51.8 Å². The minimum Gasteiger partial charge on any atom is -0.477 e. The number of carbonyl (C=O) groups is 1. The molecular weight excluding hydrogens is 300 g/mol. The van der Waals surface area contributed by atoms with E-state index in [2.05, 4.69) is 16.3 Å². The first-order valence-corrected chi connectivity index (χ1v) is 7.80. The molecule has 0 atom stereocenters. The van der Waals surface area contributed by atoms with Crippen LogP contribution in [0.1, 0.15) is 53.0 Å². The summed E-state index contributed by atoms with van der Waals surface area (Å²) in [5.41, 5.74) is 3.90. The van der Waals surface area contributed by atoms with E-state index in [0.29, 0.717) is 5.02 Å². The van der Waals surface area contributed by atoms with Crippen molar-refractivity contribution in [3.63, 3.8) is 0 Å². The summed E-state index contributed by atoms with van der Waals surface area (Å²) in [5, 5.41) is 16.9. The first-order chi connectivity index (χ1) is 10.6. The van der Waals surface area contributed by atoms with Gasteiger partial charge < -0.3 is 5.11 Å². The molecule has 1 aromatic heterocycles. The van der Waals surface area contributed by atoms with Crippen molar-refractivity contribution in [2.24, 2.45) is 0 Å². The van der Waals surface area contributed by atoms with Gasteiger partial charge in [0.25, 0.3) is 0 Å². The molecule has 0 spiro atoms. The number of aromatic amines is 1. The molecule has 0 bridgehead atoms. The zero-order valence-electron chi connectivity index (χ0n) is 12.1. The van der Waals surface area contributed by atoms with E-state index in [1.807, 2.05) is 24.3 Å². The van der Waals surface area contributed by atoms with Gasteiger partial charge in [-0.15, -0.1) is 0 Å². The number of hydrogen-bond donors (Lipinski definition) is 2. The van der Waals surface area contributed by atoms with Crippen LogP contribution >= 0.6 is 11.6 Å². The molecular formula is C17H17ClN2O2. The lowest BCUT2D eigenvalue weighted by Crippen LogP contribution is -2.04. The summed E-state index contributed by atoms with van der Waals surface area (Å²) in [6, 6.07) is 7.63. The van der Waals surface area contributed by atoms with Crippen LogP contribution < -0.4 is 0 Å². The van der Waals surface area contributed by atoms with Crippen LogP contribution in [0.15, 0.2) is 24.3 Å². The lowest BCUT2D eigenvalue weighted by molar-refractivity contribution is 0.0689. The third-order valence-electron chi connectivity index (χ3n) is 3.95. The van der Waals surface area contributed by atoms with Gasteiger partial charge in [0.2, 0.25) is 0 Å². The van der Waals surface area contributed by atoms with Crippen LogP contribution in [-0.2, 0) is 6.42 Å². The molecule has 5 heteroatoms. The Labute approximate surface area is 133 Å². The molecule has 0 aliphatic heterocycles. The summed E-state index contributed by atoms with van der Waals surface area (Å²) < 4.78 is 0. The van der Waals surface area contributed by atoms with Crippen molar-refractivity contribution in [2.45, 2.75) is 32.1 Å². The highest BCUT2D eigenvalue weighted by Crippen LogP contribution is 2.31. The van der Waals surface area contributed by atoms with Crippen molar-refractivity contribution >= 4 is 29.2 Å². The Morgan fingerprint density at radius 2 is 2.09 bits per heavy atom. The number of nitrogens with zero attached hydrogens (tertiary/aromatic N) is 1. The van der Waals surface area contributed by atoms with Crippen LogP contribution in [0, 0.1) is 0 Å². The van der Waals surface area contributed by atoms with Gasteiger partial charge in [0.15, 0.2) is 0 Å². The summed E-state index contributed by atoms with van der Waals surface area (Å²) >= 11 is 6.04. The molecule has 2 aromatic rings. The maximum atomic E-state index is 11.3. The average Bonchev–Trinajstić information content (AvgIpc) is 2.86. The van der Waals surface area contributed by atoms with Crippen molar-refractivity contribution in [3.8, 4) is 0 Å². The number of benzene rings is 1. The van der Waals surface area contributed by atoms with E-state index in [1.54, 1.807) is 0 Å². The van der Waals surface area contributed by atoms with Crippen LogP contribution in [0.25, 0.3) is 11.6 Å². The molecule has 1 aliphatic rings. The number of H-pyrrole nitrogens is 1. The number of allylic oxidation sites excluding steroid dienone is 1. The van der Waals surface area contributed by atoms with Crippen molar-refractivity contribution in [2.75, 3.05) is 0 Å². The maximum absolute atomic E-state index is 11.3. The fourth-order valence-corrected chi connectivity index (χ4v) is 3.10. The number of aromatic nitrogens is 2. The predicted molar refractivity (Wildman–Crippen MR) is 87.0 cm³/mol. The molecule has 1 heterocycles. The van der Waals surface area contributed by atoms with Gasteiger partial charge in [-0.2, -0.15) is 5.10 Å². The Morgan fingerprint density at radius 3 is 2.86 bits per heavy atom. The van der Waals surface area contributed by atoms with E-state index < -0.39 is 5.97 Å². The lowest BCUT2D eigenvalue weighted by Gasteiger charge is -2.12. The minimum atomic E-state index is -0.948. The second-order valence-corrected chi connectivity index (χ2v) is 5.95. The summed E-state index contributed by atoms with van der Waals surface area (Å²) in [4.78, 5) is 11.3. The first kappa shape index (κ1) is 14.9. The second-order valence-electron chi connectivity index (χ2n) is 5.52. The van der Waals surface area contributed by atoms with Crippen LogP contribution in [0.2, 0.25) is 5.02 Å². The van der Waals surface area contributed by atoms with E-state index >= 15 is 0 Å². The Balaban J connectivity index is 2.07. The highest BCUT2D eigenvalue weighted by Gasteiger charge is 2.22. The van der Waals surface area contributed by atoms with Crippen LogP contribution in [0.4, 0.5) is 0 Å². The molecule has 4 nitrogen and oxygen atoms in total. The van der Waals surface area contributed by atoms with Gasteiger partial charge in [-0.1, -0.05) is 30.2 Å². The van der Waals surface area contributed by atoms with Gasteiger partial charge in [0.05, 0.1) is 5.69 Å². The van der Waals surface area contributed by atoms with E-state index in [0.717, 1.165) is 54.5 Å². The van der Waals surface area contributed by atoms with E-state index in [9.17, 15) is 9.90 Å². The number of aromatic carboxylic acids is 1. The fraction of sp³-hybridized carbons (Fsp3) is 0.294. The Kier molecular flexibility index (Phi) is 4.29. The van der Waals surface area contributed by atoms with Gasteiger partial charge in [0, 0.05) is 10.6 Å². The van der Waals surface area contributed by atoms with Gasteiger partial charge in [-0.3, -0.25) is 5.10 Å². The normalized spacial score (nSPS) is 16.9. The third kappa shape index (κ3) is 3.07. The van der Waals surface area contributed by atoms with Crippen molar-refractivity contribution in [1.29, 1.82) is 0 Å². The van der Waals surface area contributed by atoms with Crippen LogP contribution in [0.3, 0.4) is 0 Å². The van der Waals surface area contributed by atoms with E-state index in [1.165, 1.54) is 0 Å². The highest BCUT2D eigenvalue weighted by molar-refractivity contribution is 6.30. The number of fused-ring (bicyclic) bond motifs is 1. The van der Waals surface area contributed by atoms with Crippen LogP contribution in [0.5, 0.6) is 0 Å². The number of hydrogen-bond acceptors (Lipinski definition) is 2. The summed E-state index contributed by atoms with van der Waals surface area (Å²) in [6.07, 6.45) is 6.88. The molecule has 1 aromatic carbocycles. The Hall–Kier alpha value is -2.07. The van der Waals surface area contributed by atoms with Gasteiger partial charge in [0.1, 0.15) is 5.69 Å². The van der Waals surface area contributed by atoms with E-state index in [4.69, 9.17) is 11.6 Å². The highest BCUT2D eigenvalue weighted by atomic mass is 35.5. The molecule has 114 valence electrons. The zero-order chi connectivity index (χ0) is 15.5. The molecule has 0 unspecified atom stereocenters. The van der Waals surface area contributed by atoms with Crippen molar-refractivity contribution in [1.82, 2.24) is 10.2 Å². The standard InChI is InChI=1S/C17H17ClN2O2/c18-13-7-4-5-11(10-13)9-12-6-2-1-3-8-14-15(12)19-20-16(14)17(21)22/h4-5,7,9-10H,1-3,6,8H2,(H,19,20)(H,21,22). The quantitative estimate of drug-likeness (QED) is 0.862. The van der Waals surface area contributed by atoms with E-state index in [-0.39, 0.29) is 5.69 Å². The number of halogens is 1. The summed E-state index contributed by atoms with van der Waals surface area (Å²) in [5.74, 6) is -0.948. The van der Waals surface area contributed by atoms with Gasteiger partial charge in [-0.25, -0.2) is 4.79 Å². The molecule has 1 aliphatic carbocycles. The molecule has 22 heavy (non-hydrogen) atoms. The summed E-state index contributed by atoms with van der Waals surface area (Å²) in [6.45, 7) is 0. The lowest BCUT2D eigenvalue weighted by atomic mass is 9.92. The fourth-order valence-electron chi connectivity index (χ4n) is 2.90. The molecule has 0 saturated carbocycles. The van der Waals surface area contributed by atoms with Crippen LogP contribution in [-0.4, -0.2) is 21.3 Å². The Morgan fingerprint density at radius 1 is 1.27 bits per heavy atom. The minimum absolute atomic E-state index is 0.217. The first-order valence-electron chi connectivity index (χ1n) is 7.42. The molecule has 0 fully saturated rings. The maximum Gasteiger partial charge on any atom is 0.354 e. The number of carboxylic acid groups (broad SMARTS) is 1. The molecule has 0 saturated heterocycles. The molecule has 3 rings (SSSR count). The molecule has 0 amide bonds. The van der Waals surface area contributed by atoms with Gasteiger partial charge in [-0.05, 0) is 55.0 Å². The zero-order valence-corrected chi connectivity index (χ0v) is 12.9. The molecule has 2 N–H and O–H groups in total. The number of nitrogens with one attached hydrogen (secondary N) is 1. The average molecular weight is 317 g/mol. The largest absolute Gasteiger partial charge is 0.477 e.